The summed E-state index contributed by atoms with van der Waals surface area (Å²) in [5.41, 5.74) is 3.81. The molecule has 2 aromatic carbocycles. The van der Waals surface area contributed by atoms with Gasteiger partial charge in [-0.15, -0.1) is 0 Å². The van der Waals surface area contributed by atoms with Crippen LogP contribution in [0, 0.1) is 5.92 Å². The third-order valence-corrected chi connectivity index (χ3v) is 5.35. The van der Waals surface area contributed by atoms with Crippen molar-refractivity contribution >= 4 is 10.9 Å². The van der Waals surface area contributed by atoms with E-state index in [0.29, 0.717) is 13.2 Å². The molecule has 0 atom stereocenters. The predicted octanol–water partition coefficient (Wildman–Crippen LogP) is 3.74. The monoisotopic (exact) mass is 373 g/mol. The van der Waals surface area contributed by atoms with Crippen LogP contribution in [0.1, 0.15) is 18.7 Å². The van der Waals surface area contributed by atoms with Crippen LogP contribution in [0.15, 0.2) is 36.4 Å². The molecule has 7 nitrogen and oxygen atoms in total. The molecule has 1 aliphatic carbocycles. The summed E-state index contributed by atoms with van der Waals surface area (Å²) in [4.78, 5) is 4.68. The Labute approximate surface area is 161 Å². The first-order valence-electron chi connectivity index (χ1n) is 9.63. The molecule has 0 saturated heterocycles. The van der Waals surface area contributed by atoms with Gasteiger partial charge in [0.05, 0.1) is 5.52 Å². The van der Waals surface area contributed by atoms with E-state index in [9.17, 15) is 0 Å². The summed E-state index contributed by atoms with van der Waals surface area (Å²) in [5, 5.41) is 16.2. The first-order chi connectivity index (χ1) is 13.8. The fraction of sp³-hybridized carbons (Fsp3) is 0.286. The van der Waals surface area contributed by atoms with Gasteiger partial charge in [-0.1, -0.05) is 0 Å². The van der Waals surface area contributed by atoms with Crippen LogP contribution in [0.2, 0.25) is 0 Å². The Morgan fingerprint density at radius 2 is 1.75 bits per heavy atom. The van der Waals surface area contributed by atoms with Crippen LogP contribution in [-0.4, -0.2) is 38.6 Å². The van der Waals surface area contributed by atoms with Crippen molar-refractivity contribution < 1.29 is 9.47 Å². The number of aromatic amines is 2. The molecule has 28 heavy (non-hydrogen) atoms. The Bertz CT molecular complexity index is 1170. The zero-order chi connectivity index (χ0) is 18.5. The highest BCUT2D eigenvalue weighted by Crippen LogP contribution is 2.37. The van der Waals surface area contributed by atoms with Crippen LogP contribution >= 0.6 is 0 Å². The molecular weight excluding hydrogens is 354 g/mol. The normalized spacial score (nSPS) is 15.9. The Balaban J connectivity index is 1.39. The van der Waals surface area contributed by atoms with Crippen molar-refractivity contribution in [3.05, 3.63) is 42.2 Å². The second-order valence-electron chi connectivity index (χ2n) is 7.44. The molecule has 2 aromatic heterocycles. The molecule has 2 aliphatic rings. The lowest BCUT2D eigenvalue weighted by Gasteiger charge is -2.18. The van der Waals surface area contributed by atoms with Crippen LogP contribution in [0.25, 0.3) is 33.5 Å². The molecular formula is C21H19N5O2. The molecule has 1 saturated carbocycles. The number of nitrogens with one attached hydrogen (secondary N) is 2. The van der Waals surface area contributed by atoms with E-state index in [0.717, 1.165) is 63.2 Å². The number of nitrogens with zero attached hydrogens (tertiary/aromatic N) is 3. The number of aromatic nitrogens is 5. The summed E-state index contributed by atoms with van der Waals surface area (Å²) in [5.74, 6) is 4.01. The van der Waals surface area contributed by atoms with E-state index >= 15 is 0 Å². The molecule has 0 amide bonds. The van der Waals surface area contributed by atoms with E-state index in [-0.39, 0.29) is 0 Å². The van der Waals surface area contributed by atoms with Crippen LogP contribution in [-0.2, 0) is 6.42 Å². The second-order valence-corrected chi connectivity index (χ2v) is 7.44. The van der Waals surface area contributed by atoms with E-state index in [1.165, 1.54) is 12.8 Å². The average molecular weight is 373 g/mol. The standard InChI is InChI=1S/C21H19N5O2/c1-2-12(1)9-19-22-21(26-24-19)14-3-5-16-15(10-14)20(25-23-16)13-4-6-17-18(11-13)28-8-7-27-17/h3-6,10-12H,1-2,7-9H2,(H,23,25)(H,22,24,26). The summed E-state index contributed by atoms with van der Waals surface area (Å²) >= 11 is 0. The molecule has 1 fully saturated rings. The van der Waals surface area contributed by atoms with Crippen molar-refractivity contribution in [2.24, 2.45) is 5.92 Å². The maximum atomic E-state index is 5.72. The van der Waals surface area contributed by atoms with Crippen molar-refractivity contribution in [3.63, 3.8) is 0 Å². The lowest BCUT2D eigenvalue weighted by molar-refractivity contribution is 0.171. The van der Waals surface area contributed by atoms with E-state index in [4.69, 9.17) is 9.47 Å². The topological polar surface area (TPSA) is 88.7 Å². The largest absolute Gasteiger partial charge is 0.486 e. The van der Waals surface area contributed by atoms with Gasteiger partial charge in [-0.3, -0.25) is 10.2 Å². The highest BCUT2D eigenvalue weighted by atomic mass is 16.6. The van der Waals surface area contributed by atoms with Gasteiger partial charge < -0.3 is 9.47 Å². The van der Waals surface area contributed by atoms with E-state index in [1.54, 1.807) is 0 Å². The third kappa shape index (κ3) is 2.70. The molecule has 0 bridgehead atoms. The zero-order valence-corrected chi connectivity index (χ0v) is 15.2. The summed E-state index contributed by atoms with van der Waals surface area (Å²) < 4.78 is 11.3. The van der Waals surface area contributed by atoms with Gasteiger partial charge in [-0.05, 0) is 55.2 Å². The summed E-state index contributed by atoms with van der Waals surface area (Å²) in [6, 6.07) is 12.1. The van der Waals surface area contributed by atoms with Gasteiger partial charge in [0.1, 0.15) is 24.7 Å². The van der Waals surface area contributed by atoms with Crippen molar-refractivity contribution in [1.82, 2.24) is 25.4 Å². The van der Waals surface area contributed by atoms with Gasteiger partial charge in [-0.2, -0.15) is 10.2 Å². The summed E-state index contributed by atoms with van der Waals surface area (Å²) in [7, 11) is 0. The van der Waals surface area contributed by atoms with Gasteiger partial charge in [0, 0.05) is 22.9 Å². The van der Waals surface area contributed by atoms with Crippen LogP contribution in [0.4, 0.5) is 0 Å². The fourth-order valence-corrected chi connectivity index (χ4v) is 3.67. The number of hydrogen-bond donors (Lipinski definition) is 2. The van der Waals surface area contributed by atoms with E-state index in [1.807, 2.05) is 30.3 Å². The predicted molar refractivity (Wildman–Crippen MR) is 104 cm³/mol. The van der Waals surface area contributed by atoms with Crippen LogP contribution < -0.4 is 9.47 Å². The maximum Gasteiger partial charge on any atom is 0.181 e. The molecule has 1 aliphatic heterocycles. The first kappa shape index (κ1) is 15.7. The number of benzene rings is 2. The zero-order valence-electron chi connectivity index (χ0n) is 15.2. The first-order valence-corrected chi connectivity index (χ1v) is 9.63. The van der Waals surface area contributed by atoms with Crippen molar-refractivity contribution in [2.75, 3.05) is 13.2 Å². The second kappa shape index (κ2) is 6.09. The molecule has 0 radical (unpaired) electrons. The third-order valence-electron chi connectivity index (χ3n) is 5.35. The molecule has 4 aromatic rings. The van der Waals surface area contributed by atoms with E-state index < -0.39 is 0 Å². The quantitative estimate of drug-likeness (QED) is 0.569. The van der Waals surface area contributed by atoms with Gasteiger partial charge in [-0.25, -0.2) is 4.98 Å². The highest BCUT2D eigenvalue weighted by molar-refractivity contribution is 5.95. The molecule has 140 valence electrons. The smallest absolute Gasteiger partial charge is 0.181 e. The Morgan fingerprint density at radius 1 is 0.893 bits per heavy atom. The van der Waals surface area contributed by atoms with Gasteiger partial charge in [0.2, 0.25) is 0 Å². The Kier molecular flexibility index (Phi) is 3.41. The van der Waals surface area contributed by atoms with Gasteiger partial charge in [0.25, 0.3) is 0 Å². The molecule has 2 N–H and O–H groups in total. The molecule has 0 unspecified atom stereocenters. The maximum absolute atomic E-state index is 5.72. The number of hydrogen-bond acceptors (Lipinski definition) is 5. The SMILES string of the molecule is c1cc2[nH]nc(-c3ccc4c(c3)OCCO4)c2cc1-c1n[nH]c(CC2CC2)n1. The van der Waals surface area contributed by atoms with E-state index in [2.05, 4.69) is 31.4 Å². The van der Waals surface area contributed by atoms with Crippen molar-refractivity contribution in [2.45, 2.75) is 19.3 Å². The van der Waals surface area contributed by atoms with Crippen molar-refractivity contribution in [1.29, 1.82) is 0 Å². The molecule has 7 heteroatoms. The minimum Gasteiger partial charge on any atom is -0.486 e. The van der Waals surface area contributed by atoms with Crippen LogP contribution in [0.5, 0.6) is 11.5 Å². The number of rotatable bonds is 4. The van der Waals surface area contributed by atoms with Gasteiger partial charge >= 0.3 is 0 Å². The average Bonchev–Trinajstić information content (AvgIpc) is 3.25. The Hall–Kier alpha value is -3.35. The fourth-order valence-electron chi connectivity index (χ4n) is 3.67. The molecule has 0 spiro atoms. The number of H-pyrrole nitrogens is 2. The number of ether oxygens (including phenoxy) is 2. The molecule has 3 heterocycles. The minimum absolute atomic E-state index is 0.565. The lowest BCUT2D eigenvalue weighted by Crippen LogP contribution is -2.15. The lowest BCUT2D eigenvalue weighted by atomic mass is 10.0. The van der Waals surface area contributed by atoms with Crippen molar-refractivity contribution in [3.8, 4) is 34.1 Å². The number of fused-ring (bicyclic) bond motifs is 2. The van der Waals surface area contributed by atoms with Crippen LogP contribution in [0.3, 0.4) is 0 Å². The summed E-state index contributed by atoms with van der Waals surface area (Å²) in [6.07, 6.45) is 3.59. The minimum atomic E-state index is 0.565. The highest BCUT2D eigenvalue weighted by Gasteiger charge is 2.23. The van der Waals surface area contributed by atoms with Gasteiger partial charge in [0.15, 0.2) is 17.3 Å². The summed E-state index contributed by atoms with van der Waals surface area (Å²) in [6.45, 7) is 1.15. The Morgan fingerprint density at radius 3 is 2.64 bits per heavy atom. The molecule has 6 rings (SSSR count).